The van der Waals surface area contributed by atoms with Gasteiger partial charge in [0.2, 0.25) is 0 Å². The zero-order valence-corrected chi connectivity index (χ0v) is 15.7. The average Bonchev–Trinajstić information content (AvgIpc) is 2.56. The number of aliphatic hydroxyl groups is 1. The standard InChI is InChI=1S/C19H24BrNO3/c1-3-23-18-11-16(12-21-8-9-22)10-17(20)19(18)24-13-15-6-4-14(2)5-7-15/h4-7,10-11,21-22H,3,8-9,12-13H2,1-2H3. The molecule has 0 atom stereocenters. The fourth-order valence-electron chi connectivity index (χ4n) is 2.28. The summed E-state index contributed by atoms with van der Waals surface area (Å²) in [5, 5.41) is 12.0. The van der Waals surface area contributed by atoms with Gasteiger partial charge in [-0.25, -0.2) is 0 Å². The number of aryl methyl sites for hydroxylation is 1. The van der Waals surface area contributed by atoms with Crippen LogP contribution in [0.1, 0.15) is 23.6 Å². The summed E-state index contributed by atoms with van der Waals surface area (Å²) in [5.41, 5.74) is 3.42. The van der Waals surface area contributed by atoms with Crippen molar-refractivity contribution in [3.63, 3.8) is 0 Å². The highest BCUT2D eigenvalue weighted by Gasteiger charge is 2.12. The van der Waals surface area contributed by atoms with E-state index in [-0.39, 0.29) is 6.61 Å². The summed E-state index contributed by atoms with van der Waals surface area (Å²) in [6.45, 7) is 6.43. The predicted octanol–water partition coefficient (Wildman–Crippen LogP) is 3.82. The van der Waals surface area contributed by atoms with Gasteiger partial charge in [0.25, 0.3) is 0 Å². The van der Waals surface area contributed by atoms with Gasteiger partial charge in [0.05, 0.1) is 17.7 Å². The largest absolute Gasteiger partial charge is 0.490 e. The molecule has 24 heavy (non-hydrogen) atoms. The van der Waals surface area contributed by atoms with Gasteiger partial charge < -0.3 is 19.9 Å². The molecule has 0 spiro atoms. The Morgan fingerprint density at radius 2 is 1.83 bits per heavy atom. The summed E-state index contributed by atoms with van der Waals surface area (Å²) < 4.78 is 12.6. The molecule has 0 saturated carbocycles. The van der Waals surface area contributed by atoms with E-state index in [1.54, 1.807) is 0 Å². The molecule has 0 aliphatic rings. The van der Waals surface area contributed by atoms with E-state index in [1.807, 2.05) is 19.1 Å². The third-order valence-electron chi connectivity index (χ3n) is 3.49. The average molecular weight is 394 g/mol. The fraction of sp³-hybridized carbons (Fsp3) is 0.368. The van der Waals surface area contributed by atoms with Crippen molar-refractivity contribution in [2.24, 2.45) is 0 Å². The summed E-state index contributed by atoms with van der Waals surface area (Å²) >= 11 is 3.58. The highest BCUT2D eigenvalue weighted by Crippen LogP contribution is 2.37. The van der Waals surface area contributed by atoms with Gasteiger partial charge >= 0.3 is 0 Å². The van der Waals surface area contributed by atoms with Gasteiger partial charge in [-0.15, -0.1) is 0 Å². The Bertz CT molecular complexity index is 644. The normalized spacial score (nSPS) is 10.7. The molecule has 0 unspecified atom stereocenters. The summed E-state index contributed by atoms with van der Waals surface area (Å²) in [6, 6.07) is 12.3. The van der Waals surface area contributed by atoms with Gasteiger partial charge in [0.1, 0.15) is 6.61 Å². The van der Waals surface area contributed by atoms with Crippen LogP contribution in [0.25, 0.3) is 0 Å². The van der Waals surface area contributed by atoms with Crippen LogP contribution in [0.15, 0.2) is 40.9 Å². The maximum Gasteiger partial charge on any atom is 0.175 e. The lowest BCUT2D eigenvalue weighted by Gasteiger charge is -2.16. The molecule has 0 heterocycles. The van der Waals surface area contributed by atoms with Crippen molar-refractivity contribution >= 4 is 15.9 Å². The molecule has 4 nitrogen and oxygen atoms in total. The molecule has 0 aromatic heterocycles. The highest BCUT2D eigenvalue weighted by molar-refractivity contribution is 9.10. The minimum atomic E-state index is 0.122. The molecular formula is C19H24BrNO3. The van der Waals surface area contributed by atoms with Crippen LogP contribution in [0.3, 0.4) is 0 Å². The number of aliphatic hydroxyl groups excluding tert-OH is 1. The summed E-state index contributed by atoms with van der Waals surface area (Å²) in [7, 11) is 0. The Labute approximate surface area is 151 Å². The Balaban J connectivity index is 2.13. The number of rotatable bonds is 9. The molecule has 0 bridgehead atoms. The molecule has 0 radical (unpaired) electrons. The zero-order valence-electron chi connectivity index (χ0n) is 14.1. The first-order chi connectivity index (χ1) is 11.6. The van der Waals surface area contributed by atoms with Crippen LogP contribution >= 0.6 is 15.9 Å². The van der Waals surface area contributed by atoms with E-state index in [9.17, 15) is 0 Å². The molecule has 2 rings (SSSR count). The van der Waals surface area contributed by atoms with Gasteiger partial charge in [-0.1, -0.05) is 29.8 Å². The minimum absolute atomic E-state index is 0.122. The van der Waals surface area contributed by atoms with Crippen molar-refractivity contribution in [3.05, 3.63) is 57.6 Å². The number of hydrogen-bond acceptors (Lipinski definition) is 4. The maximum absolute atomic E-state index is 8.86. The zero-order chi connectivity index (χ0) is 17.4. The first-order valence-corrected chi connectivity index (χ1v) is 8.88. The van der Waals surface area contributed by atoms with E-state index in [1.165, 1.54) is 5.56 Å². The van der Waals surface area contributed by atoms with Crippen molar-refractivity contribution in [2.75, 3.05) is 19.8 Å². The predicted molar refractivity (Wildman–Crippen MR) is 99.6 cm³/mol. The number of hydrogen-bond donors (Lipinski definition) is 2. The van der Waals surface area contributed by atoms with Crippen LogP contribution in [0.5, 0.6) is 11.5 Å². The van der Waals surface area contributed by atoms with E-state index in [0.29, 0.717) is 32.1 Å². The molecule has 130 valence electrons. The second kappa shape index (κ2) is 9.67. The second-order valence-electron chi connectivity index (χ2n) is 5.51. The number of ether oxygens (including phenoxy) is 2. The molecule has 2 aromatic carbocycles. The molecule has 0 fully saturated rings. The first kappa shape index (κ1) is 18.8. The van der Waals surface area contributed by atoms with Crippen LogP contribution in [0.2, 0.25) is 0 Å². The Morgan fingerprint density at radius 3 is 2.50 bits per heavy atom. The summed E-state index contributed by atoms with van der Waals surface area (Å²) in [4.78, 5) is 0. The van der Waals surface area contributed by atoms with Crippen LogP contribution in [-0.4, -0.2) is 24.9 Å². The second-order valence-corrected chi connectivity index (χ2v) is 6.37. The SMILES string of the molecule is CCOc1cc(CNCCO)cc(Br)c1OCc1ccc(C)cc1. The highest BCUT2D eigenvalue weighted by atomic mass is 79.9. The molecular weight excluding hydrogens is 370 g/mol. The van der Waals surface area contributed by atoms with Crippen molar-refractivity contribution in [1.29, 1.82) is 0 Å². The van der Waals surface area contributed by atoms with Crippen molar-refractivity contribution < 1.29 is 14.6 Å². The molecule has 0 amide bonds. The van der Waals surface area contributed by atoms with Gasteiger partial charge in [-0.05, 0) is 53.0 Å². The van der Waals surface area contributed by atoms with Crippen molar-refractivity contribution in [3.8, 4) is 11.5 Å². The molecule has 2 N–H and O–H groups in total. The van der Waals surface area contributed by atoms with Crippen LogP contribution in [-0.2, 0) is 13.2 Å². The quantitative estimate of drug-likeness (QED) is 0.635. The third kappa shape index (κ3) is 5.51. The lowest BCUT2D eigenvalue weighted by Crippen LogP contribution is -2.17. The van der Waals surface area contributed by atoms with Crippen LogP contribution < -0.4 is 14.8 Å². The van der Waals surface area contributed by atoms with Crippen LogP contribution in [0.4, 0.5) is 0 Å². The van der Waals surface area contributed by atoms with Crippen molar-refractivity contribution in [1.82, 2.24) is 5.32 Å². The Hall–Kier alpha value is -1.56. The molecule has 5 heteroatoms. The monoisotopic (exact) mass is 393 g/mol. The third-order valence-corrected chi connectivity index (χ3v) is 4.08. The summed E-state index contributed by atoms with van der Waals surface area (Å²) in [6.07, 6.45) is 0. The maximum atomic E-state index is 8.86. The van der Waals surface area contributed by atoms with E-state index in [2.05, 4.69) is 52.4 Å². The van der Waals surface area contributed by atoms with E-state index in [0.717, 1.165) is 21.3 Å². The summed E-state index contributed by atoms with van der Waals surface area (Å²) in [5.74, 6) is 1.43. The molecule has 2 aromatic rings. The van der Waals surface area contributed by atoms with Gasteiger partial charge in [-0.2, -0.15) is 0 Å². The van der Waals surface area contributed by atoms with E-state index < -0.39 is 0 Å². The van der Waals surface area contributed by atoms with Gasteiger partial charge in [0.15, 0.2) is 11.5 Å². The number of halogens is 1. The van der Waals surface area contributed by atoms with Gasteiger partial charge in [-0.3, -0.25) is 0 Å². The van der Waals surface area contributed by atoms with Gasteiger partial charge in [0, 0.05) is 13.1 Å². The van der Waals surface area contributed by atoms with Crippen LogP contribution in [0, 0.1) is 6.92 Å². The van der Waals surface area contributed by atoms with Crippen molar-refractivity contribution in [2.45, 2.75) is 27.0 Å². The first-order valence-electron chi connectivity index (χ1n) is 8.09. The van der Waals surface area contributed by atoms with E-state index in [4.69, 9.17) is 14.6 Å². The lowest BCUT2D eigenvalue weighted by molar-refractivity contribution is 0.267. The smallest absolute Gasteiger partial charge is 0.175 e. The van der Waals surface area contributed by atoms with E-state index >= 15 is 0 Å². The Morgan fingerprint density at radius 1 is 1.08 bits per heavy atom. The Kier molecular flexibility index (Phi) is 7.56. The minimum Gasteiger partial charge on any atom is -0.490 e. The molecule has 0 aliphatic carbocycles. The topological polar surface area (TPSA) is 50.7 Å². The molecule has 0 saturated heterocycles. The lowest BCUT2D eigenvalue weighted by atomic mass is 10.1. The molecule has 0 aliphatic heterocycles. The number of nitrogens with one attached hydrogen (secondary N) is 1. The number of benzene rings is 2. The fourth-order valence-corrected chi connectivity index (χ4v) is 2.88.